The Bertz CT molecular complexity index is 1330. The zero-order valence-electron chi connectivity index (χ0n) is 19.4. The number of carbonyl (C=O) groups excluding carboxylic acids is 1. The third kappa shape index (κ3) is 4.19. The highest BCUT2D eigenvalue weighted by Gasteiger charge is 2.20. The molecule has 5 heterocycles. The van der Waals surface area contributed by atoms with Crippen molar-refractivity contribution in [3.8, 4) is 17.3 Å². The lowest BCUT2D eigenvalue weighted by Gasteiger charge is -2.26. The van der Waals surface area contributed by atoms with Crippen LogP contribution in [0.5, 0.6) is 5.88 Å². The van der Waals surface area contributed by atoms with Crippen LogP contribution in [0.25, 0.3) is 22.4 Å². The number of piperazine rings is 1. The van der Waals surface area contributed by atoms with Crippen LogP contribution in [0.15, 0.2) is 43.0 Å². The van der Waals surface area contributed by atoms with Crippen molar-refractivity contribution in [2.24, 2.45) is 0 Å². The van der Waals surface area contributed by atoms with Crippen LogP contribution < -0.4 is 15.0 Å². The van der Waals surface area contributed by atoms with Crippen LogP contribution >= 0.6 is 0 Å². The molecule has 1 aliphatic heterocycles. The molecule has 0 bridgehead atoms. The predicted octanol–water partition coefficient (Wildman–Crippen LogP) is 2.40. The minimum atomic E-state index is 0.0289. The molecule has 0 aromatic carbocycles. The van der Waals surface area contributed by atoms with E-state index in [2.05, 4.69) is 43.7 Å². The maximum atomic E-state index is 12.1. The average Bonchev–Trinajstić information content (AvgIpc) is 3.29. The number of hydrogen-bond donors (Lipinski definition) is 1. The molecule has 10 heteroatoms. The minimum Gasteiger partial charge on any atom is -0.479 e. The van der Waals surface area contributed by atoms with Crippen LogP contribution in [0, 0.1) is 0 Å². The Hall–Kier alpha value is -3.92. The standard InChI is InChI=1S/C24H26N8O2/c1-15(2)32-14-28-23-19(32)11-18(30-24(23)34-3)17-6-7-26-20(29-17)10-16-4-5-21(27-12-16)31-9-8-25-13-22(31)33/h4-7,11-12,14-15,25H,8-10,13H2,1-3H3. The number of amides is 1. The monoisotopic (exact) mass is 458 g/mol. The van der Waals surface area contributed by atoms with Gasteiger partial charge in [-0.25, -0.2) is 24.9 Å². The molecule has 4 aromatic rings. The molecule has 0 saturated carbocycles. The number of carbonyl (C=O) groups is 1. The van der Waals surface area contributed by atoms with E-state index in [0.29, 0.717) is 48.4 Å². The molecule has 1 N–H and O–H groups in total. The number of nitrogens with one attached hydrogen (secondary N) is 1. The molecule has 34 heavy (non-hydrogen) atoms. The molecule has 4 aromatic heterocycles. The van der Waals surface area contributed by atoms with Gasteiger partial charge in [0, 0.05) is 37.9 Å². The summed E-state index contributed by atoms with van der Waals surface area (Å²) in [5.74, 6) is 1.82. The van der Waals surface area contributed by atoms with E-state index in [1.807, 2.05) is 24.3 Å². The van der Waals surface area contributed by atoms with Crippen LogP contribution in [0.1, 0.15) is 31.3 Å². The van der Waals surface area contributed by atoms with Crippen molar-refractivity contribution in [1.82, 2.24) is 34.8 Å². The summed E-state index contributed by atoms with van der Waals surface area (Å²) >= 11 is 0. The zero-order valence-corrected chi connectivity index (χ0v) is 19.4. The Morgan fingerprint density at radius 3 is 2.74 bits per heavy atom. The summed E-state index contributed by atoms with van der Waals surface area (Å²) in [7, 11) is 1.59. The van der Waals surface area contributed by atoms with Crippen LogP contribution in [0.3, 0.4) is 0 Å². The van der Waals surface area contributed by atoms with Gasteiger partial charge in [0.1, 0.15) is 11.6 Å². The smallest absolute Gasteiger partial charge is 0.242 e. The molecule has 0 spiro atoms. The number of rotatable bonds is 6. The first-order valence-electron chi connectivity index (χ1n) is 11.2. The van der Waals surface area contributed by atoms with Crippen molar-refractivity contribution < 1.29 is 9.53 Å². The third-order valence-corrected chi connectivity index (χ3v) is 5.79. The average molecular weight is 459 g/mol. The number of fused-ring (bicyclic) bond motifs is 1. The number of hydrogen-bond acceptors (Lipinski definition) is 8. The molecule has 5 rings (SSSR count). The molecule has 0 aliphatic carbocycles. The van der Waals surface area contributed by atoms with Crippen molar-refractivity contribution in [3.05, 3.63) is 54.4 Å². The molecule has 1 fully saturated rings. The fourth-order valence-electron chi connectivity index (χ4n) is 4.03. The fourth-order valence-corrected chi connectivity index (χ4v) is 4.03. The van der Waals surface area contributed by atoms with Crippen molar-refractivity contribution in [1.29, 1.82) is 0 Å². The van der Waals surface area contributed by atoms with Crippen molar-refractivity contribution in [2.45, 2.75) is 26.3 Å². The van der Waals surface area contributed by atoms with Gasteiger partial charge in [-0.05, 0) is 37.6 Å². The summed E-state index contributed by atoms with van der Waals surface area (Å²) in [5.41, 5.74) is 4.03. The lowest BCUT2D eigenvalue weighted by Crippen LogP contribution is -2.48. The van der Waals surface area contributed by atoms with Crippen LogP contribution in [-0.2, 0) is 11.2 Å². The second kappa shape index (κ2) is 9.14. The Labute approximate surface area is 197 Å². The van der Waals surface area contributed by atoms with E-state index in [1.54, 1.807) is 30.7 Å². The highest BCUT2D eigenvalue weighted by atomic mass is 16.5. The topological polar surface area (TPSA) is 111 Å². The third-order valence-electron chi connectivity index (χ3n) is 5.79. The van der Waals surface area contributed by atoms with Gasteiger partial charge in [-0.2, -0.15) is 0 Å². The number of anilines is 1. The summed E-state index contributed by atoms with van der Waals surface area (Å²) in [4.78, 5) is 36.6. The van der Waals surface area contributed by atoms with Crippen LogP contribution in [0.2, 0.25) is 0 Å². The van der Waals surface area contributed by atoms with E-state index in [9.17, 15) is 4.79 Å². The molecule has 0 unspecified atom stereocenters. The number of pyridine rings is 2. The van der Waals surface area contributed by atoms with Crippen molar-refractivity contribution in [2.75, 3.05) is 31.6 Å². The highest BCUT2D eigenvalue weighted by molar-refractivity contribution is 5.94. The van der Waals surface area contributed by atoms with E-state index in [4.69, 9.17) is 9.72 Å². The van der Waals surface area contributed by atoms with Crippen LogP contribution in [-0.4, -0.2) is 62.1 Å². The summed E-state index contributed by atoms with van der Waals surface area (Å²) in [6, 6.07) is 7.90. The number of ether oxygens (including phenoxy) is 1. The summed E-state index contributed by atoms with van der Waals surface area (Å²) in [6.45, 7) is 5.93. The van der Waals surface area contributed by atoms with Gasteiger partial charge < -0.3 is 14.6 Å². The molecule has 0 atom stereocenters. The van der Waals surface area contributed by atoms with Gasteiger partial charge >= 0.3 is 0 Å². The van der Waals surface area contributed by atoms with Gasteiger partial charge in [0.05, 0.1) is 36.9 Å². The zero-order chi connectivity index (χ0) is 23.7. The fraction of sp³-hybridized carbons (Fsp3) is 0.333. The van der Waals surface area contributed by atoms with Crippen molar-refractivity contribution in [3.63, 3.8) is 0 Å². The van der Waals surface area contributed by atoms with E-state index in [-0.39, 0.29) is 11.9 Å². The lowest BCUT2D eigenvalue weighted by molar-refractivity contribution is -0.118. The molecular formula is C24H26N8O2. The van der Waals surface area contributed by atoms with E-state index in [1.165, 1.54) is 0 Å². The Balaban J connectivity index is 1.41. The van der Waals surface area contributed by atoms with E-state index >= 15 is 0 Å². The minimum absolute atomic E-state index is 0.0289. The Morgan fingerprint density at radius 1 is 1.12 bits per heavy atom. The summed E-state index contributed by atoms with van der Waals surface area (Å²) in [6.07, 6.45) is 5.82. The summed E-state index contributed by atoms with van der Waals surface area (Å²) in [5, 5.41) is 3.07. The molecule has 1 saturated heterocycles. The largest absolute Gasteiger partial charge is 0.479 e. The number of nitrogens with zero attached hydrogens (tertiary/aromatic N) is 7. The summed E-state index contributed by atoms with van der Waals surface area (Å²) < 4.78 is 7.59. The molecule has 1 aliphatic rings. The van der Waals surface area contributed by atoms with E-state index < -0.39 is 0 Å². The first-order valence-corrected chi connectivity index (χ1v) is 11.2. The van der Waals surface area contributed by atoms with Crippen LogP contribution in [0.4, 0.5) is 5.82 Å². The molecule has 0 radical (unpaired) electrons. The number of imidazole rings is 1. The van der Waals surface area contributed by atoms with E-state index in [0.717, 1.165) is 23.1 Å². The normalized spacial score (nSPS) is 14.2. The second-order valence-corrected chi connectivity index (χ2v) is 8.41. The Morgan fingerprint density at radius 2 is 2.00 bits per heavy atom. The SMILES string of the molecule is COc1nc(-c2ccnc(Cc3ccc(N4CCNCC4=O)nc3)n2)cc2c1ncn2C(C)C. The van der Waals surface area contributed by atoms with Gasteiger partial charge in [-0.3, -0.25) is 9.69 Å². The molecular weight excluding hydrogens is 432 g/mol. The molecule has 1 amide bonds. The highest BCUT2D eigenvalue weighted by Crippen LogP contribution is 2.29. The van der Waals surface area contributed by atoms with Gasteiger partial charge in [0.15, 0.2) is 5.52 Å². The predicted molar refractivity (Wildman–Crippen MR) is 128 cm³/mol. The first-order chi connectivity index (χ1) is 16.5. The molecule has 174 valence electrons. The maximum absolute atomic E-state index is 12.1. The van der Waals surface area contributed by atoms with Gasteiger partial charge in [0.2, 0.25) is 11.8 Å². The lowest BCUT2D eigenvalue weighted by atomic mass is 10.2. The van der Waals surface area contributed by atoms with Gasteiger partial charge in [-0.1, -0.05) is 6.07 Å². The maximum Gasteiger partial charge on any atom is 0.242 e. The number of methoxy groups -OCH3 is 1. The van der Waals surface area contributed by atoms with Gasteiger partial charge in [-0.15, -0.1) is 0 Å². The van der Waals surface area contributed by atoms with Crippen molar-refractivity contribution >= 4 is 22.8 Å². The second-order valence-electron chi connectivity index (χ2n) is 8.41. The molecule has 10 nitrogen and oxygen atoms in total. The van der Waals surface area contributed by atoms with Gasteiger partial charge in [0.25, 0.3) is 0 Å². The quantitative estimate of drug-likeness (QED) is 0.469. The Kier molecular flexibility index (Phi) is 5.89. The first kappa shape index (κ1) is 21.9. The number of aromatic nitrogens is 6.